The van der Waals surface area contributed by atoms with Crippen molar-refractivity contribution in [2.45, 2.75) is 24.7 Å². The van der Waals surface area contributed by atoms with Crippen LogP contribution in [-0.2, 0) is 10.0 Å². The molecule has 7 nitrogen and oxygen atoms in total. The number of unbranched alkanes of at least 4 members (excludes halogenated alkanes) is 1. The van der Waals surface area contributed by atoms with Gasteiger partial charge in [-0.2, -0.15) is 0 Å². The van der Waals surface area contributed by atoms with E-state index in [0.29, 0.717) is 34.4 Å². The van der Waals surface area contributed by atoms with Gasteiger partial charge in [0, 0.05) is 23.0 Å². The Morgan fingerprint density at radius 1 is 0.971 bits per heavy atom. The average molecular weight is 473 g/mol. The van der Waals surface area contributed by atoms with Crippen LogP contribution in [0.15, 0.2) is 93.5 Å². The van der Waals surface area contributed by atoms with Crippen molar-refractivity contribution in [2.75, 3.05) is 6.54 Å². The third-order valence-corrected chi connectivity index (χ3v) is 7.21. The molecule has 2 heterocycles. The number of aromatic hydroxyl groups is 1. The predicted molar refractivity (Wildman–Crippen MR) is 131 cm³/mol. The first-order valence-corrected chi connectivity index (χ1v) is 12.6. The van der Waals surface area contributed by atoms with Gasteiger partial charge in [-0.25, -0.2) is 23.1 Å². The summed E-state index contributed by atoms with van der Waals surface area (Å²) in [6.45, 7) is 2.38. The number of hydrogen-bond acceptors (Lipinski definition) is 5. The van der Waals surface area contributed by atoms with E-state index in [-0.39, 0.29) is 10.8 Å². The Morgan fingerprint density at radius 2 is 1.65 bits per heavy atom. The lowest BCUT2D eigenvalue weighted by atomic mass is 9.97. The van der Waals surface area contributed by atoms with Crippen LogP contribution in [-0.4, -0.2) is 25.1 Å². The number of nitrogens with one attached hydrogen (secondary N) is 2. The van der Waals surface area contributed by atoms with Crippen molar-refractivity contribution < 1.29 is 13.5 Å². The molecule has 0 radical (unpaired) electrons. The van der Waals surface area contributed by atoms with Crippen molar-refractivity contribution in [3.05, 3.63) is 100 Å². The maximum Gasteiger partial charge on any atom is 0.240 e. The summed E-state index contributed by atoms with van der Waals surface area (Å²) < 4.78 is 28.4. The minimum Gasteiger partial charge on any atom is -0.494 e. The van der Waals surface area contributed by atoms with Gasteiger partial charge in [-0.3, -0.25) is 0 Å². The SMILES string of the molecule is CCCCNS(=O)(=O)c1ccc2[nH]c(O)c(C(=C3N=c4ccccc4=N3)c3ccccc3)c2c1. The first-order chi connectivity index (χ1) is 16.5. The molecule has 0 fully saturated rings. The Morgan fingerprint density at radius 3 is 2.32 bits per heavy atom. The van der Waals surface area contributed by atoms with Crippen LogP contribution in [0.2, 0.25) is 0 Å². The quantitative estimate of drug-likeness (QED) is 0.358. The molecule has 8 heteroatoms. The number of aromatic amines is 1. The maximum absolute atomic E-state index is 12.9. The third kappa shape index (κ3) is 4.02. The topological polar surface area (TPSA) is 107 Å². The summed E-state index contributed by atoms with van der Waals surface area (Å²) in [4.78, 5) is 12.5. The highest BCUT2D eigenvalue weighted by Crippen LogP contribution is 2.40. The molecule has 0 saturated heterocycles. The van der Waals surface area contributed by atoms with Crippen LogP contribution in [0.1, 0.15) is 30.9 Å². The molecule has 1 aliphatic rings. The molecule has 0 unspecified atom stereocenters. The first kappa shape index (κ1) is 22.1. The Hall–Kier alpha value is -3.75. The predicted octanol–water partition coefficient (Wildman–Crippen LogP) is 3.62. The Balaban J connectivity index is 1.75. The molecule has 3 aromatic carbocycles. The zero-order chi connectivity index (χ0) is 23.7. The second-order valence-corrected chi connectivity index (χ2v) is 9.85. The fourth-order valence-corrected chi connectivity index (χ4v) is 5.15. The fourth-order valence-electron chi connectivity index (χ4n) is 4.05. The van der Waals surface area contributed by atoms with E-state index in [1.54, 1.807) is 12.1 Å². The van der Waals surface area contributed by atoms with Crippen LogP contribution in [0, 0.1) is 0 Å². The number of aromatic nitrogens is 1. The zero-order valence-corrected chi connectivity index (χ0v) is 19.4. The minimum atomic E-state index is -3.69. The van der Waals surface area contributed by atoms with Crippen molar-refractivity contribution in [2.24, 2.45) is 9.98 Å². The van der Waals surface area contributed by atoms with Crippen LogP contribution in [0.3, 0.4) is 0 Å². The van der Waals surface area contributed by atoms with Crippen LogP contribution < -0.4 is 15.4 Å². The zero-order valence-electron chi connectivity index (χ0n) is 18.6. The molecule has 34 heavy (non-hydrogen) atoms. The highest BCUT2D eigenvalue weighted by Gasteiger charge is 2.24. The van der Waals surface area contributed by atoms with Gasteiger partial charge >= 0.3 is 0 Å². The molecule has 1 aliphatic heterocycles. The van der Waals surface area contributed by atoms with E-state index in [2.05, 4.69) is 9.71 Å². The number of benzene rings is 3. The number of nitrogens with zero attached hydrogens (tertiary/aromatic N) is 2. The second-order valence-electron chi connectivity index (χ2n) is 8.08. The lowest BCUT2D eigenvalue weighted by Crippen LogP contribution is -2.24. The highest BCUT2D eigenvalue weighted by molar-refractivity contribution is 7.89. The molecule has 5 rings (SSSR count). The van der Waals surface area contributed by atoms with Crippen LogP contribution >= 0.6 is 0 Å². The summed E-state index contributed by atoms with van der Waals surface area (Å²) in [6, 6.07) is 21.9. The van der Waals surface area contributed by atoms with Gasteiger partial charge in [-0.15, -0.1) is 0 Å². The number of rotatable bonds is 7. The largest absolute Gasteiger partial charge is 0.494 e. The summed E-state index contributed by atoms with van der Waals surface area (Å²) in [7, 11) is -3.69. The number of H-pyrrole nitrogens is 1. The standard InChI is InChI=1S/C26H24N4O3S/c1-2-3-15-27-34(32,33)18-13-14-20-19(16-18)24(26(31)30-20)23(17-9-5-4-6-10-17)25-28-21-11-7-8-12-22(21)29-25/h4-14,16,27,30-31H,2-3,15H2,1H3. The molecule has 0 bridgehead atoms. The van der Waals surface area contributed by atoms with Crippen LogP contribution in [0.4, 0.5) is 0 Å². The second kappa shape index (κ2) is 8.89. The molecule has 1 aromatic heterocycles. The van der Waals surface area contributed by atoms with Gasteiger partial charge in [-0.1, -0.05) is 55.8 Å². The summed E-state index contributed by atoms with van der Waals surface area (Å²) in [5, 5.41) is 13.0. The van der Waals surface area contributed by atoms with Crippen molar-refractivity contribution in [3.63, 3.8) is 0 Å². The molecule has 0 amide bonds. The van der Waals surface area contributed by atoms with Crippen LogP contribution in [0.25, 0.3) is 16.5 Å². The number of para-hydroxylation sites is 2. The molecule has 172 valence electrons. The van der Waals surface area contributed by atoms with Gasteiger partial charge in [0.1, 0.15) is 0 Å². The molecule has 3 N–H and O–H groups in total. The summed E-state index contributed by atoms with van der Waals surface area (Å²) >= 11 is 0. The average Bonchev–Trinajstić information content (AvgIpc) is 3.40. The monoisotopic (exact) mass is 472 g/mol. The summed E-state index contributed by atoms with van der Waals surface area (Å²) in [6.07, 6.45) is 1.65. The van der Waals surface area contributed by atoms with E-state index < -0.39 is 10.0 Å². The summed E-state index contributed by atoms with van der Waals surface area (Å²) in [5.41, 5.74) is 2.50. The van der Waals surface area contributed by atoms with Gasteiger partial charge in [0.25, 0.3) is 0 Å². The Bertz CT molecular complexity index is 1600. The van der Waals surface area contributed by atoms with Gasteiger partial charge < -0.3 is 10.1 Å². The van der Waals surface area contributed by atoms with E-state index in [9.17, 15) is 13.5 Å². The third-order valence-electron chi connectivity index (χ3n) is 5.75. The van der Waals surface area contributed by atoms with Gasteiger partial charge in [-0.05, 0) is 42.3 Å². The van der Waals surface area contributed by atoms with Crippen molar-refractivity contribution >= 4 is 26.5 Å². The minimum absolute atomic E-state index is 0.0730. The molecule has 4 aromatic rings. The van der Waals surface area contributed by atoms with E-state index in [1.807, 2.05) is 61.5 Å². The number of sulfonamides is 1. The van der Waals surface area contributed by atoms with Crippen molar-refractivity contribution in [3.8, 4) is 5.88 Å². The molecule has 0 spiro atoms. The molecule has 0 atom stereocenters. The van der Waals surface area contributed by atoms with Gasteiger partial charge in [0.05, 0.1) is 21.2 Å². The first-order valence-electron chi connectivity index (χ1n) is 11.1. The van der Waals surface area contributed by atoms with E-state index in [0.717, 1.165) is 29.1 Å². The van der Waals surface area contributed by atoms with Crippen molar-refractivity contribution in [1.29, 1.82) is 0 Å². The Labute approximate surface area is 197 Å². The van der Waals surface area contributed by atoms with E-state index in [4.69, 9.17) is 9.98 Å². The maximum atomic E-state index is 12.9. The molecular weight excluding hydrogens is 448 g/mol. The fraction of sp³-hybridized carbons (Fsp3) is 0.154. The smallest absolute Gasteiger partial charge is 0.240 e. The Kier molecular flexibility index (Phi) is 5.77. The van der Waals surface area contributed by atoms with Gasteiger partial charge in [0.2, 0.25) is 10.0 Å². The summed E-state index contributed by atoms with van der Waals surface area (Å²) in [5.74, 6) is 0.383. The molecule has 0 saturated carbocycles. The molecule has 0 aliphatic carbocycles. The lowest BCUT2D eigenvalue weighted by Gasteiger charge is -2.10. The van der Waals surface area contributed by atoms with Crippen LogP contribution in [0.5, 0.6) is 5.88 Å². The van der Waals surface area contributed by atoms with Gasteiger partial charge in [0.15, 0.2) is 11.7 Å². The normalized spacial score (nSPS) is 12.9. The highest BCUT2D eigenvalue weighted by atomic mass is 32.2. The number of hydrogen-bond donors (Lipinski definition) is 3. The van der Waals surface area contributed by atoms with E-state index >= 15 is 0 Å². The lowest BCUT2D eigenvalue weighted by molar-refractivity contribution is 0.457. The molecular formula is C26H24N4O3S. The van der Waals surface area contributed by atoms with E-state index in [1.165, 1.54) is 6.07 Å². The van der Waals surface area contributed by atoms with Crippen molar-refractivity contribution in [1.82, 2.24) is 9.71 Å². The number of fused-ring (bicyclic) bond motifs is 2.